The third kappa shape index (κ3) is 5.14. The van der Waals surface area contributed by atoms with E-state index in [9.17, 15) is 9.59 Å². The molecule has 0 amide bonds. The Labute approximate surface area is 96.0 Å². The Kier molecular flexibility index (Phi) is 3.94. The molecule has 4 nitrogen and oxygen atoms in total. The van der Waals surface area contributed by atoms with Crippen molar-refractivity contribution in [3.63, 3.8) is 0 Å². The van der Waals surface area contributed by atoms with Crippen molar-refractivity contribution in [1.82, 2.24) is 0 Å². The van der Waals surface area contributed by atoms with Gasteiger partial charge in [-0.05, 0) is 33.1 Å². The first-order valence-electron chi connectivity index (χ1n) is 5.72. The lowest BCUT2D eigenvalue weighted by Crippen LogP contribution is -2.30. The summed E-state index contributed by atoms with van der Waals surface area (Å²) in [6, 6.07) is 0. The highest BCUT2D eigenvalue weighted by atomic mass is 16.6. The fraction of sp³-hybridized carbons (Fsp3) is 0.833. The molecule has 0 radical (unpaired) electrons. The molecule has 0 aromatic carbocycles. The molecular formula is C12H20O4. The van der Waals surface area contributed by atoms with E-state index in [2.05, 4.69) is 0 Å². The van der Waals surface area contributed by atoms with Crippen molar-refractivity contribution in [1.29, 1.82) is 0 Å². The quantitative estimate of drug-likeness (QED) is 0.733. The summed E-state index contributed by atoms with van der Waals surface area (Å²) in [6.45, 7) is 5.37. The Bertz CT molecular complexity index is 273. The molecule has 0 unspecified atom stereocenters. The van der Waals surface area contributed by atoms with Crippen molar-refractivity contribution in [3.05, 3.63) is 0 Å². The lowest BCUT2D eigenvalue weighted by Gasteiger charge is -2.23. The normalized spacial score (nSPS) is 17.9. The summed E-state index contributed by atoms with van der Waals surface area (Å²) in [4.78, 5) is 22.4. The zero-order chi connectivity index (χ0) is 12.3. The molecule has 0 aliphatic heterocycles. The molecule has 1 fully saturated rings. The Morgan fingerprint density at radius 3 is 2.31 bits per heavy atom. The summed E-state index contributed by atoms with van der Waals surface area (Å²) in [7, 11) is 0. The van der Waals surface area contributed by atoms with Gasteiger partial charge in [0.25, 0.3) is 0 Å². The number of hydrogen-bond acceptors (Lipinski definition) is 3. The minimum Gasteiger partial charge on any atom is -0.481 e. The Morgan fingerprint density at radius 2 is 1.94 bits per heavy atom. The van der Waals surface area contributed by atoms with Gasteiger partial charge < -0.3 is 9.84 Å². The molecule has 1 aliphatic carbocycles. The average Bonchev–Trinajstić information content (AvgIpc) is 2.82. The van der Waals surface area contributed by atoms with Crippen molar-refractivity contribution in [2.75, 3.05) is 0 Å². The summed E-state index contributed by atoms with van der Waals surface area (Å²) < 4.78 is 5.23. The summed E-state index contributed by atoms with van der Waals surface area (Å²) in [5.41, 5.74) is -0.544. The molecule has 0 aromatic heterocycles. The van der Waals surface area contributed by atoms with Crippen LogP contribution in [0.2, 0.25) is 0 Å². The highest BCUT2D eigenvalue weighted by molar-refractivity contribution is 5.79. The van der Waals surface area contributed by atoms with Crippen LogP contribution in [0.1, 0.15) is 46.5 Å². The van der Waals surface area contributed by atoms with Crippen molar-refractivity contribution in [3.8, 4) is 0 Å². The molecule has 1 aliphatic rings. The Morgan fingerprint density at radius 1 is 1.38 bits per heavy atom. The van der Waals surface area contributed by atoms with Crippen molar-refractivity contribution in [2.45, 2.75) is 52.1 Å². The van der Waals surface area contributed by atoms with Crippen LogP contribution in [0.4, 0.5) is 0 Å². The van der Waals surface area contributed by atoms with Crippen LogP contribution in [0.25, 0.3) is 0 Å². The zero-order valence-corrected chi connectivity index (χ0v) is 10.2. The second kappa shape index (κ2) is 4.85. The van der Waals surface area contributed by atoms with Gasteiger partial charge >= 0.3 is 11.9 Å². The van der Waals surface area contributed by atoms with Gasteiger partial charge in [-0.3, -0.25) is 9.59 Å². The topological polar surface area (TPSA) is 63.6 Å². The summed E-state index contributed by atoms with van der Waals surface area (Å²) in [5.74, 6) is -1.26. The van der Waals surface area contributed by atoms with E-state index in [1.807, 2.05) is 0 Å². The van der Waals surface area contributed by atoms with Gasteiger partial charge in [-0.1, -0.05) is 12.8 Å². The van der Waals surface area contributed by atoms with Crippen LogP contribution in [-0.4, -0.2) is 22.6 Å². The maximum Gasteiger partial charge on any atom is 0.310 e. The molecule has 0 heterocycles. The molecule has 0 aromatic rings. The predicted octanol–water partition coefficient (Wildman–Crippen LogP) is 2.22. The van der Waals surface area contributed by atoms with Crippen LogP contribution < -0.4 is 0 Å². The number of aliphatic carboxylic acids is 1. The molecule has 16 heavy (non-hydrogen) atoms. The van der Waals surface area contributed by atoms with Gasteiger partial charge in [0.2, 0.25) is 0 Å². The highest BCUT2D eigenvalue weighted by Crippen LogP contribution is 2.36. The molecule has 92 valence electrons. The second-order valence-electron chi connectivity index (χ2n) is 5.51. The van der Waals surface area contributed by atoms with E-state index in [0.29, 0.717) is 12.3 Å². The summed E-state index contributed by atoms with van der Waals surface area (Å²) in [6.07, 6.45) is 2.75. The summed E-state index contributed by atoms with van der Waals surface area (Å²) in [5, 5.41) is 8.76. The number of carboxylic acid groups (broad SMARTS) is 1. The van der Waals surface area contributed by atoms with Crippen molar-refractivity contribution >= 4 is 11.9 Å². The number of rotatable bonds is 5. The molecule has 1 N–H and O–H groups in total. The smallest absolute Gasteiger partial charge is 0.310 e. The standard InChI is InChI=1S/C12H20O4/c1-12(2,3)16-11(15)9(7-10(13)14)6-8-4-5-8/h8-9H,4-7H2,1-3H3,(H,13,14)/t9-/m1/s1. The zero-order valence-electron chi connectivity index (χ0n) is 10.2. The monoisotopic (exact) mass is 228 g/mol. The minimum atomic E-state index is -0.934. The Hall–Kier alpha value is -1.06. The van der Waals surface area contributed by atoms with Gasteiger partial charge in [-0.25, -0.2) is 0 Å². The fourth-order valence-electron chi connectivity index (χ4n) is 1.61. The van der Waals surface area contributed by atoms with E-state index in [0.717, 1.165) is 12.8 Å². The van der Waals surface area contributed by atoms with Crippen molar-refractivity contribution < 1.29 is 19.4 Å². The molecule has 1 saturated carbocycles. The maximum absolute atomic E-state index is 11.8. The predicted molar refractivity (Wildman–Crippen MR) is 58.9 cm³/mol. The maximum atomic E-state index is 11.8. The van der Waals surface area contributed by atoms with E-state index >= 15 is 0 Å². The third-order valence-corrected chi connectivity index (χ3v) is 2.48. The van der Waals surface area contributed by atoms with Crippen molar-refractivity contribution in [2.24, 2.45) is 11.8 Å². The molecule has 0 spiro atoms. The van der Waals surface area contributed by atoms with Crippen LogP contribution in [-0.2, 0) is 14.3 Å². The van der Waals surface area contributed by atoms with E-state index in [4.69, 9.17) is 9.84 Å². The van der Waals surface area contributed by atoms with Crippen LogP contribution in [0.3, 0.4) is 0 Å². The highest BCUT2D eigenvalue weighted by Gasteiger charge is 2.33. The van der Waals surface area contributed by atoms with E-state index in [1.54, 1.807) is 20.8 Å². The van der Waals surface area contributed by atoms with Gasteiger partial charge in [0.1, 0.15) is 5.60 Å². The number of carbonyl (C=O) groups excluding carboxylic acids is 1. The van der Waals surface area contributed by atoms with Gasteiger partial charge in [0.15, 0.2) is 0 Å². The van der Waals surface area contributed by atoms with E-state index in [-0.39, 0.29) is 12.4 Å². The van der Waals surface area contributed by atoms with Crippen LogP contribution in [0, 0.1) is 11.8 Å². The Balaban J connectivity index is 2.52. The molecule has 4 heteroatoms. The first-order chi connectivity index (χ1) is 7.28. The van der Waals surface area contributed by atoms with Gasteiger partial charge in [-0.15, -0.1) is 0 Å². The lowest BCUT2D eigenvalue weighted by molar-refractivity contribution is -0.163. The van der Waals surface area contributed by atoms with Crippen LogP contribution in [0.15, 0.2) is 0 Å². The average molecular weight is 228 g/mol. The summed E-state index contributed by atoms with van der Waals surface area (Å²) >= 11 is 0. The molecule has 0 bridgehead atoms. The lowest BCUT2D eigenvalue weighted by atomic mass is 9.98. The molecular weight excluding hydrogens is 208 g/mol. The van der Waals surface area contributed by atoms with E-state index < -0.39 is 17.5 Å². The largest absolute Gasteiger partial charge is 0.481 e. The minimum absolute atomic E-state index is 0.120. The third-order valence-electron chi connectivity index (χ3n) is 2.48. The number of ether oxygens (including phenoxy) is 1. The number of carboxylic acids is 1. The number of carbonyl (C=O) groups is 2. The van der Waals surface area contributed by atoms with Crippen LogP contribution in [0.5, 0.6) is 0 Å². The molecule has 0 saturated heterocycles. The number of esters is 1. The van der Waals surface area contributed by atoms with E-state index in [1.165, 1.54) is 0 Å². The van der Waals surface area contributed by atoms with Gasteiger partial charge in [-0.2, -0.15) is 0 Å². The first kappa shape index (κ1) is 13.0. The molecule has 1 rings (SSSR count). The second-order valence-corrected chi connectivity index (χ2v) is 5.51. The van der Waals surface area contributed by atoms with Crippen LogP contribution >= 0.6 is 0 Å². The number of hydrogen-bond donors (Lipinski definition) is 1. The van der Waals surface area contributed by atoms with Gasteiger partial charge in [0.05, 0.1) is 12.3 Å². The van der Waals surface area contributed by atoms with Gasteiger partial charge in [0, 0.05) is 0 Å². The molecule has 1 atom stereocenters. The fourth-order valence-corrected chi connectivity index (χ4v) is 1.61. The first-order valence-corrected chi connectivity index (χ1v) is 5.72. The SMILES string of the molecule is CC(C)(C)OC(=O)[C@@H](CC(=O)O)CC1CC1.